The molecule has 0 aromatic heterocycles. The predicted molar refractivity (Wildman–Crippen MR) is 164 cm³/mol. The fraction of sp³-hybridized carbons (Fsp3) is 0.306. The summed E-state index contributed by atoms with van der Waals surface area (Å²) in [6.45, 7) is 0.162. The van der Waals surface area contributed by atoms with Crippen LogP contribution in [0, 0.1) is 11.8 Å². The van der Waals surface area contributed by atoms with Gasteiger partial charge < -0.3 is 10.6 Å². The van der Waals surface area contributed by atoms with E-state index in [0.717, 1.165) is 35.1 Å². The van der Waals surface area contributed by atoms with Crippen LogP contribution in [0.3, 0.4) is 0 Å². The number of carbonyl (C=O) groups excluding carboxylic acids is 5. The Labute approximate surface area is 251 Å². The largest absolute Gasteiger partial charge is 0.345 e. The lowest BCUT2D eigenvalue weighted by Crippen LogP contribution is -2.50. The van der Waals surface area contributed by atoms with Crippen molar-refractivity contribution in [2.24, 2.45) is 11.8 Å². The van der Waals surface area contributed by atoms with E-state index in [4.69, 9.17) is 0 Å². The second-order valence-electron chi connectivity index (χ2n) is 11.4. The van der Waals surface area contributed by atoms with E-state index in [9.17, 15) is 24.0 Å². The molecule has 2 amide bonds. The van der Waals surface area contributed by atoms with Crippen LogP contribution in [-0.4, -0.2) is 35.2 Å². The molecule has 1 fully saturated rings. The molecule has 3 aromatic rings. The van der Waals surface area contributed by atoms with E-state index < -0.39 is 35.5 Å². The Bertz CT molecular complexity index is 1530. The maximum Gasteiger partial charge on any atom is 0.289 e. The smallest absolute Gasteiger partial charge is 0.289 e. The van der Waals surface area contributed by atoms with Gasteiger partial charge in [0.1, 0.15) is 5.78 Å². The number of allylic oxidation sites excluding steroid dienone is 1. The number of hydrogen-bond donors (Lipinski definition) is 2. The van der Waals surface area contributed by atoms with Gasteiger partial charge in [0.25, 0.3) is 5.91 Å². The highest BCUT2D eigenvalue weighted by molar-refractivity contribution is 6.38. The molecule has 43 heavy (non-hydrogen) atoms. The van der Waals surface area contributed by atoms with E-state index in [1.54, 1.807) is 6.07 Å². The van der Waals surface area contributed by atoms with Crippen molar-refractivity contribution in [2.75, 3.05) is 0 Å². The van der Waals surface area contributed by atoms with Crippen molar-refractivity contribution in [3.05, 3.63) is 113 Å². The van der Waals surface area contributed by atoms with Gasteiger partial charge in [-0.2, -0.15) is 0 Å². The summed E-state index contributed by atoms with van der Waals surface area (Å²) in [5, 5.41) is 5.44. The first-order valence-electron chi connectivity index (χ1n) is 14.9. The molecule has 5 rings (SSSR count). The molecule has 0 radical (unpaired) electrons. The lowest BCUT2D eigenvalue weighted by Gasteiger charge is -2.23. The first kappa shape index (κ1) is 29.8. The number of benzene rings is 3. The van der Waals surface area contributed by atoms with Crippen LogP contribution in [0.1, 0.15) is 64.7 Å². The Morgan fingerprint density at radius 3 is 2.30 bits per heavy atom. The molecule has 2 N–H and O–H groups in total. The molecular weight excluding hydrogens is 540 g/mol. The van der Waals surface area contributed by atoms with Crippen molar-refractivity contribution in [3.63, 3.8) is 0 Å². The first-order valence-corrected chi connectivity index (χ1v) is 14.9. The third-order valence-corrected chi connectivity index (χ3v) is 8.33. The van der Waals surface area contributed by atoms with Crippen molar-refractivity contribution in [1.29, 1.82) is 0 Å². The lowest BCUT2D eigenvalue weighted by molar-refractivity contribution is -0.141. The summed E-state index contributed by atoms with van der Waals surface area (Å²) < 4.78 is 0. The van der Waals surface area contributed by atoms with Crippen molar-refractivity contribution < 1.29 is 24.0 Å². The molecule has 3 aromatic carbocycles. The summed E-state index contributed by atoms with van der Waals surface area (Å²) in [5.74, 6) is -3.41. The number of fused-ring (bicyclic) bond motifs is 1. The van der Waals surface area contributed by atoms with Crippen LogP contribution in [0.15, 0.2) is 84.9 Å². The van der Waals surface area contributed by atoms with Crippen molar-refractivity contribution in [1.82, 2.24) is 10.6 Å². The molecule has 2 aliphatic carbocycles. The summed E-state index contributed by atoms with van der Waals surface area (Å²) in [5.41, 5.74) is 4.40. The van der Waals surface area contributed by atoms with Crippen LogP contribution >= 0.6 is 0 Å². The molecule has 3 atom stereocenters. The average Bonchev–Trinajstić information content (AvgIpc) is 3.67. The van der Waals surface area contributed by atoms with Gasteiger partial charge in [-0.05, 0) is 60.4 Å². The Morgan fingerprint density at radius 1 is 0.884 bits per heavy atom. The van der Waals surface area contributed by atoms with Gasteiger partial charge in [-0.1, -0.05) is 84.9 Å². The molecule has 0 bridgehead atoms. The van der Waals surface area contributed by atoms with Gasteiger partial charge in [-0.25, -0.2) is 0 Å². The fourth-order valence-corrected chi connectivity index (χ4v) is 5.89. The highest BCUT2D eigenvalue weighted by Crippen LogP contribution is 2.27. The van der Waals surface area contributed by atoms with E-state index in [-0.39, 0.29) is 37.4 Å². The number of rotatable bonds is 13. The maximum absolute atomic E-state index is 13.8. The standard InChI is InChI=1S/C36H36N2O5/c39-32-16-8-15-28(32)21-31(34(41)36(43)37-23-25-11-5-2-6-12-25)38-35(42)30(19-24-9-3-1-4-10-24)22-33(40)29-18-17-26-13-7-14-27(26)20-29/h1-7,9-12,14,17-18,20,28,30-31H,8,13,15-16,19,21-23H2,(H,37,43)(H,38,42)/t28-,30+,31-/m0/s1. The fourth-order valence-electron chi connectivity index (χ4n) is 5.89. The third kappa shape index (κ3) is 7.80. The van der Waals surface area contributed by atoms with E-state index in [1.165, 1.54) is 0 Å². The second-order valence-corrected chi connectivity index (χ2v) is 11.4. The van der Waals surface area contributed by atoms with Crippen molar-refractivity contribution in [2.45, 2.75) is 57.5 Å². The quantitative estimate of drug-likeness (QED) is 0.224. The summed E-state index contributed by atoms with van der Waals surface area (Å²) in [6.07, 6.45) is 6.92. The Kier molecular flexibility index (Phi) is 9.72. The van der Waals surface area contributed by atoms with E-state index in [2.05, 4.69) is 10.6 Å². The number of amides is 2. The Balaban J connectivity index is 1.33. The van der Waals surface area contributed by atoms with Gasteiger partial charge in [0.15, 0.2) is 5.78 Å². The van der Waals surface area contributed by atoms with Gasteiger partial charge in [0.2, 0.25) is 11.7 Å². The van der Waals surface area contributed by atoms with E-state index >= 15 is 0 Å². The summed E-state index contributed by atoms with van der Waals surface area (Å²) >= 11 is 0. The molecule has 0 heterocycles. The molecule has 0 aliphatic heterocycles. The zero-order valence-corrected chi connectivity index (χ0v) is 24.1. The maximum atomic E-state index is 13.8. The summed E-state index contributed by atoms with van der Waals surface area (Å²) in [4.78, 5) is 66.1. The van der Waals surface area contributed by atoms with E-state index in [1.807, 2.05) is 84.9 Å². The number of Topliss-reactive ketones (excluding diaryl/α,β-unsaturated/α-hetero) is 3. The number of hydrogen-bond acceptors (Lipinski definition) is 5. The number of carbonyl (C=O) groups is 5. The average molecular weight is 577 g/mol. The molecule has 2 aliphatic rings. The minimum atomic E-state index is -1.17. The molecular formula is C36H36N2O5. The number of nitrogens with one attached hydrogen (secondary N) is 2. The Hall–Kier alpha value is -4.65. The monoisotopic (exact) mass is 576 g/mol. The first-order chi connectivity index (χ1) is 20.9. The number of ketones is 3. The van der Waals surface area contributed by atoms with Crippen molar-refractivity contribution >= 4 is 35.2 Å². The minimum Gasteiger partial charge on any atom is -0.345 e. The van der Waals surface area contributed by atoms with Gasteiger partial charge in [-0.3, -0.25) is 24.0 Å². The SMILES string of the molecule is O=C(NCc1ccccc1)C(=O)[C@H](C[C@@H]1CCCC1=O)NC(=O)[C@@H](CC(=O)c1ccc2c(c1)C=CC2)Cc1ccccc1. The second kappa shape index (κ2) is 14.0. The molecule has 0 saturated heterocycles. The van der Waals surface area contributed by atoms with Crippen molar-refractivity contribution in [3.8, 4) is 0 Å². The zero-order valence-electron chi connectivity index (χ0n) is 24.1. The minimum absolute atomic E-state index is 0.0402. The van der Waals surface area contributed by atoms with Crippen LogP contribution in [0.2, 0.25) is 0 Å². The van der Waals surface area contributed by atoms with E-state index in [0.29, 0.717) is 18.4 Å². The molecule has 1 saturated carbocycles. The highest BCUT2D eigenvalue weighted by Gasteiger charge is 2.35. The summed E-state index contributed by atoms with van der Waals surface area (Å²) in [7, 11) is 0. The van der Waals surface area contributed by atoms with Crippen LogP contribution < -0.4 is 10.6 Å². The lowest BCUT2D eigenvalue weighted by atomic mass is 9.89. The topological polar surface area (TPSA) is 109 Å². The van der Waals surface area contributed by atoms with Crippen LogP contribution in [-0.2, 0) is 38.6 Å². The van der Waals surface area contributed by atoms with Gasteiger partial charge in [-0.15, -0.1) is 0 Å². The Morgan fingerprint density at radius 2 is 1.60 bits per heavy atom. The van der Waals surface area contributed by atoms with Gasteiger partial charge >= 0.3 is 0 Å². The summed E-state index contributed by atoms with van der Waals surface area (Å²) in [6, 6.07) is 23.0. The van der Waals surface area contributed by atoms with Crippen LogP contribution in [0.5, 0.6) is 0 Å². The molecule has 7 nitrogen and oxygen atoms in total. The van der Waals surface area contributed by atoms with Crippen LogP contribution in [0.4, 0.5) is 0 Å². The normalized spacial score (nSPS) is 16.7. The molecule has 220 valence electrons. The van der Waals surface area contributed by atoms with Crippen LogP contribution in [0.25, 0.3) is 6.08 Å². The molecule has 0 unspecified atom stereocenters. The molecule has 0 spiro atoms. The molecule has 7 heteroatoms. The van der Waals surface area contributed by atoms with Gasteiger partial charge in [0, 0.05) is 36.8 Å². The third-order valence-electron chi connectivity index (χ3n) is 8.33. The zero-order chi connectivity index (χ0) is 30.2. The predicted octanol–water partition coefficient (Wildman–Crippen LogP) is 4.82. The van der Waals surface area contributed by atoms with Gasteiger partial charge in [0.05, 0.1) is 6.04 Å². The highest BCUT2D eigenvalue weighted by atomic mass is 16.2.